The lowest BCUT2D eigenvalue weighted by Gasteiger charge is -2.23. The lowest BCUT2D eigenvalue weighted by atomic mass is 10.1. The lowest BCUT2D eigenvalue weighted by molar-refractivity contribution is -0.637. The van der Waals surface area contributed by atoms with E-state index in [2.05, 4.69) is 72.1 Å². The zero-order chi connectivity index (χ0) is 15.8. The highest BCUT2D eigenvalue weighted by Gasteiger charge is 2.23. The fraction of sp³-hybridized carbons (Fsp3) is 0.150. The Kier molecular flexibility index (Phi) is 3.27. The molecule has 1 aliphatic heterocycles. The van der Waals surface area contributed by atoms with Gasteiger partial charge in [-0.25, -0.2) is 0 Å². The maximum Gasteiger partial charge on any atom is 0.381 e. The van der Waals surface area contributed by atoms with Gasteiger partial charge in [-0.05, 0) is 36.8 Å². The van der Waals surface area contributed by atoms with Crippen LogP contribution in [0.5, 0.6) is 0 Å². The van der Waals surface area contributed by atoms with Gasteiger partial charge in [-0.15, -0.1) is 0 Å². The fourth-order valence-electron chi connectivity index (χ4n) is 3.15. The molecule has 0 spiro atoms. The van der Waals surface area contributed by atoms with Gasteiger partial charge < -0.3 is 9.32 Å². The van der Waals surface area contributed by atoms with E-state index in [1.54, 1.807) is 0 Å². The van der Waals surface area contributed by atoms with Gasteiger partial charge in [0.2, 0.25) is 5.58 Å². The second-order valence-corrected chi connectivity index (χ2v) is 5.81. The summed E-state index contributed by atoms with van der Waals surface area (Å²) in [5.41, 5.74) is 5.58. The molecule has 0 atom stereocenters. The Morgan fingerprint density at radius 2 is 1.91 bits per heavy atom. The van der Waals surface area contributed by atoms with Gasteiger partial charge >= 0.3 is 5.89 Å². The highest BCUT2D eigenvalue weighted by Crippen LogP contribution is 2.31. The molecule has 114 valence electrons. The molecular weight excluding hydrogens is 284 g/mol. The molecular formula is C20H19N2O+. The molecule has 4 rings (SSSR count). The Balaban J connectivity index is 1.87. The molecule has 0 aliphatic carbocycles. The molecule has 0 unspecified atom stereocenters. The Hall–Kier alpha value is -2.81. The fourth-order valence-corrected chi connectivity index (χ4v) is 3.15. The monoisotopic (exact) mass is 303 g/mol. The van der Waals surface area contributed by atoms with Crippen molar-refractivity contribution >= 4 is 16.8 Å². The number of hydrogen-bond donors (Lipinski definition) is 0. The van der Waals surface area contributed by atoms with Crippen molar-refractivity contribution in [2.24, 2.45) is 7.05 Å². The van der Waals surface area contributed by atoms with E-state index >= 15 is 0 Å². The van der Waals surface area contributed by atoms with Crippen LogP contribution >= 0.6 is 0 Å². The van der Waals surface area contributed by atoms with Gasteiger partial charge in [0.1, 0.15) is 7.05 Å². The smallest absolute Gasteiger partial charge is 0.381 e. The maximum absolute atomic E-state index is 6.12. The van der Waals surface area contributed by atoms with Crippen molar-refractivity contribution in [2.45, 2.75) is 6.92 Å². The molecule has 3 aromatic rings. The average molecular weight is 303 g/mol. The summed E-state index contributed by atoms with van der Waals surface area (Å²) in [5.74, 6) is 0.891. The van der Waals surface area contributed by atoms with Gasteiger partial charge in [0.05, 0.1) is 5.56 Å². The minimum Gasteiger partial charge on any atom is -0.398 e. The van der Waals surface area contributed by atoms with Crippen LogP contribution in [0.2, 0.25) is 0 Å². The molecule has 2 heterocycles. The third-order valence-electron chi connectivity index (χ3n) is 4.40. The van der Waals surface area contributed by atoms with Crippen LogP contribution < -0.4 is 9.47 Å². The second kappa shape index (κ2) is 5.43. The Bertz CT molecular complexity index is 934. The maximum atomic E-state index is 6.12. The number of hydrogen-bond acceptors (Lipinski definition) is 2. The van der Waals surface area contributed by atoms with Gasteiger partial charge in [-0.2, -0.15) is 4.57 Å². The van der Waals surface area contributed by atoms with E-state index in [0.29, 0.717) is 0 Å². The minimum absolute atomic E-state index is 0.891. The summed E-state index contributed by atoms with van der Waals surface area (Å²) in [4.78, 5) is 2.25. The van der Waals surface area contributed by atoms with E-state index in [0.717, 1.165) is 29.1 Å². The molecule has 0 bridgehead atoms. The van der Waals surface area contributed by atoms with Gasteiger partial charge in [-0.1, -0.05) is 30.4 Å². The summed E-state index contributed by atoms with van der Waals surface area (Å²) in [6.07, 6.45) is 8.42. The van der Waals surface area contributed by atoms with Gasteiger partial charge in [-0.3, -0.25) is 0 Å². The molecule has 23 heavy (non-hydrogen) atoms. The highest BCUT2D eigenvalue weighted by molar-refractivity contribution is 5.74. The molecule has 0 saturated heterocycles. The van der Waals surface area contributed by atoms with Crippen LogP contribution in [-0.4, -0.2) is 6.54 Å². The molecule has 3 nitrogen and oxygen atoms in total. The van der Waals surface area contributed by atoms with E-state index in [1.807, 2.05) is 18.2 Å². The SMILES string of the molecule is Cc1c(-c2oc3ccccc3[n+]2C)cccc1N1C=CC=CC1. The first kappa shape index (κ1) is 13.8. The summed E-state index contributed by atoms with van der Waals surface area (Å²) in [5, 5.41) is 0. The predicted molar refractivity (Wildman–Crippen MR) is 93.2 cm³/mol. The number of anilines is 1. The second-order valence-electron chi connectivity index (χ2n) is 5.81. The Labute approximate surface area is 135 Å². The molecule has 0 fully saturated rings. The molecule has 0 radical (unpaired) electrons. The van der Waals surface area contributed by atoms with E-state index in [1.165, 1.54) is 11.3 Å². The summed E-state index contributed by atoms with van der Waals surface area (Å²) in [6, 6.07) is 14.5. The van der Waals surface area contributed by atoms with Crippen molar-refractivity contribution in [1.29, 1.82) is 0 Å². The van der Waals surface area contributed by atoms with Crippen molar-refractivity contribution in [3.8, 4) is 11.5 Å². The number of fused-ring (bicyclic) bond motifs is 1. The quantitative estimate of drug-likeness (QED) is 0.664. The highest BCUT2D eigenvalue weighted by atomic mass is 16.4. The van der Waals surface area contributed by atoms with Crippen LogP contribution in [0.1, 0.15) is 5.56 Å². The van der Waals surface area contributed by atoms with Crippen molar-refractivity contribution in [3.05, 3.63) is 72.5 Å². The number of benzene rings is 2. The van der Waals surface area contributed by atoms with Crippen LogP contribution in [-0.2, 0) is 7.05 Å². The van der Waals surface area contributed by atoms with Crippen molar-refractivity contribution < 1.29 is 8.98 Å². The van der Waals surface area contributed by atoms with Gasteiger partial charge in [0.15, 0.2) is 0 Å². The summed E-state index contributed by atoms with van der Waals surface area (Å²) < 4.78 is 8.24. The molecule has 0 amide bonds. The molecule has 1 aromatic heterocycles. The number of oxazole rings is 1. The number of nitrogens with zero attached hydrogens (tertiary/aromatic N) is 2. The summed E-state index contributed by atoms with van der Waals surface area (Å²) in [7, 11) is 2.05. The zero-order valence-electron chi connectivity index (χ0n) is 13.4. The first-order valence-corrected chi connectivity index (χ1v) is 7.83. The third kappa shape index (κ3) is 2.25. The van der Waals surface area contributed by atoms with Crippen LogP contribution in [0.3, 0.4) is 0 Å². The standard InChI is InChI=1S/C20H19N2O/c1-15-16(9-8-11-17(15)22-13-6-3-7-14-22)20-21(2)18-10-4-5-12-19(18)23-20/h3-13H,14H2,1-2H3/q+1. The van der Waals surface area contributed by atoms with Crippen molar-refractivity contribution in [1.82, 2.24) is 0 Å². The van der Waals surface area contributed by atoms with Crippen LogP contribution in [0.15, 0.2) is 71.3 Å². The molecule has 1 aliphatic rings. The molecule has 0 N–H and O–H groups in total. The van der Waals surface area contributed by atoms with E-state index in [9.17, 15) is 0 Å². The van der Waals surface area contributed by atoms with Gasteiger partial charge in [0.25, 0.3) is 5.52 Å². The number of aromatic nitrogens is 1. The molecule has 0 saturated carbocycles. The number of aryl methyl sites for hydroxylation is 1. The van der Waals surface area contributed by atoms with Crippen molar-refractivity contribution in [3.63, 3.8) is 0 Å². The number of para-hydroxylation sites is 2. The first-order valence-electron chi connectivity index (χ1n) is 7.83. The summed E-state index contributed by atoms with van der Waals surface area (Å²) >= 11 is 0. The topological polar surface area (TPSA) is 20.3 Å². The van der Waals surface area contributed by atoms with Crippen LogP contribution in [0.4, 0.5) is 5.69 Å². The van der Waals surface area contributed by atoms with Gasteiger partial charge in [0, 0.05) is 24.5 Å². The van der Waals surface area contributed by atoms with E-state index < -0.39 is 0 Å². The normalized spacial score (nSPS) is 13.9. The minimum atomic E-state index is 0.891. The Morgan fingerprint density at radius 3 is 2.70 bits per heavy atom. The molecule has 2 aromatic carbocycles. The predicted octanol–water partition coefficient (Wildman–Crippen LogP) is 4.12. The zero-order valence-corrected chi connectivity index (χ0v) is 13.4. The van der Waals surface area contributed by atoms with Crippen LogP contribution in [0.25, 0.3) is 22.6 Å². The third-order valence-corrected chi connectivity index (χ3v) is 4.40. The number of allylic oxidation sites excluding steroid dienone is 2. The average Bonchev–Trinajstić information content (AvgIpc) is 2.93. The Morgan fingerprint density at radius 1 is 1.04 bits per heavy atom. The number of rotatable bonds is 2. The van der Waals surface area contributed by atoms with E-state index in [4.69, 9.17) is 4.42 Å². The van der Waals surface area contributed by atoms with Crippen LogP contribution in [0, 0.1) is 6.92 Å². The largest absolute Gasteiger partial charge is 0.398 e. The lowest BCUT2D eigenvalue weighted by Crippen LogP contribution is -2.29. The first-order chi connectivity index (χ1) is 11.3. The molecule has 3 heteroatoms. The van der Waals surface area contributed by atoms with E-state index in [-0.39, 0.29) is 0 Å². The summed E-state index contributed by atoms with van der Waals surface area (Å²) in [6.45, 7) is 3.05. The van der Waals surface area contributed by atoms with Crippen molar-refractivity contribution in [2.75, 3.05) is 11.4 Å².